The molecule has 1 aromatic rings. The average Bonchev–Trinajstić information content (AvgIpc) is 2.56. The van der Waals surface area contributed by atoms with Gasteiger partial charge in [-0.25, -0.2) is 9.59 Å². The lowest BCUT2D eigenvalue weighted by Crippen LogP contribution is -2.42. The topological polar surface area (TPSA) is 102 Å². The number of unbranched alkanes of at least 4 members (excludes halogenated alkanes) is 1. The predicted octanol–water partition coefficient (Wildman–Crippen LogP) is 2.49. The monoisotopic (exact) mass is 337 g/mol. The van der Waals surface area contributed by atoms with Crippen LogP contribution in [0.4, 0.5) is 4.79 Å². The molecular formula is C17H23NO6. The second kappa shape index (κ2) is 11.0. The van der Waals surface area contributed by atoms with Crippen LogP contribution in [-0.2, 0) is 25.7 Å². The number of hydrogen-bond acceptors (Lipinski definition) is 5. The van der Waals surface area contributed by atoms with Crippen LogP contribution in [0.3, 0.4) is 0 Å². The van der Waals surface area contributed by atoms with E-state index in [1.807, 2.05) is 30.3 Å². The maximum atomic E-state index is 12.2. The number of hydrogen-bond donors (Lipinski definition) is 2. The summed E-state index contributed by atoms with van der Waals surface area (Å²) in [5.41, 5.74) is 0.839. The number of carboxylic acid groups (broad SMARTS) is 1. The molecule has 1 aromatic carbocycles. The molecule has 7 nitrogen and oxygen atoms in total. The Labute approximate surface area is 141 Å². The average molecular weight is 337 g/mol. The maximum Gasteiger partial charge on any atom is 0.407 e. The molecule has 0 aliphatic carbocycles. The van der Waals surface area contributed by atoms with Crippen molar-refractivity contribution < 1.29 is 29.0 Å². The van der Waals surface area contributed by atoms with E-state index < -0.39 is 24.1 Å². The first kappa shape index (κ1) is 19.5. The summed E-state index contributed by atoms with van der Waals surface area (Å²) in [6, 6.07) is 8.33. The van der Waals surface area contributed by atoms with E-state index in [-0.39, 0.29) is 19.6 Å². The van der Waals surface area contributed by atoms with E-state index in [0.29, 0.717) is 19.3 Å². The number of carbonyl (C=O) groups excluding carboxylic acids is 2. The lowest BCUT2D eigenvalue weighted by atomic mass is 10.1. The number of carboxylic acids is 1. The van der Waals surface area contributed by atoms with Gasteiger partial charge in [-0.3, -0.25) is 4.79 Å². The number of benzene rings is 1. The van der Waals surface area contributed by atoms with Gasteiger partial charge < -0.3 is 19.9 Å². The minimum absolute atomic E-state index is 0.0190. The van der Waals surface area contributed by atoms with E-state index in [2.05, 4.69) is 5.32 Å². The van der Waals surface area contributed by atoms with Crippen molar-refractivity contribution in [2.75, 3.05) is 6.61 Å². The van der Waals surface area contributed by atoms with E-state index >= 15 is 0 Å². The Hall–Kier alpha value is -2.57. The second-order valence-corrected chi connectivity index (χ2v) is 5.15. The summed E-state index contributed by atoms with van der Waals surface area (Å²) >= 11 is 0. The van der Waals surface area contributed by atoms with E-state index in [9.17, 15) is 14.4 Å². The summed E-state index contributed by atoms with van der Waals surface area (Å²) in [5.74, 6) is -1.46. The van der Waals surface area contributed by atoms with E-state index in [4.69, 9.17) is 14.6 Å². The van der Waals surface area contributed by atoms with E-state index in [1.54, 1.807) is 6.92 Å². The first-order valence-electron chi connectivity index (χ1n) is 7.88. The van der Waals surface area contributed by atoms with Crippen LogP contribution < -0.4 is 5.32 Å². The Morgan fingerprint density at radius 2 is 1.83 bits per heavy atom. The van der Waals surface area contributed by atoms with E-state index in [0.717, 1.165) is 5.56 Å². The number of rotatable bonds is 10. The van der Waals surface area contributed by atoms with Crippen molar-refractivity contribution in [2.24, 2.45) is 0 Å². The fourth-order valence-electron chi connectivity index (χ4n) is 2.02. The zero-order valence-electron chi connectivity index (χ0n) is 13.7. The minimum atomic E-state index is -0.892. The third kappa shape index (κ3) is 8.17. The molecule has 0 aliphatic rings. The molecule has 0 heterocycles. The summed E-state index contributed by atoms with van der Waals surface area (Å²) in [6.45, 7) is 1.96. The Bertz CT molecular complexity index is 531. The first-order chi connectivity index (χ1) is 11.5. The van der Waals surface area contributed by atoms with Gasteiger partial charge in [-0.1, -0.05) is 36.8 Å². The second-order valence-electron chi connectivity index (χ2n) is 5.15. The SMILES string of the molecule is CCOC(=O)NC(CCCCC(=O)O)C(=O)OCc1ccccc1. The van der Waals surface area contributed by atoms with Gasteiger partial charge in [-0.05, 0) is 25.3 Å². The predicted molar refractivity (Wildman–Crippen MR) is 86.3 cm³/mol. The molecule has 0 saturated carbocycles. The van der Waals surface area contributed by atoms with Crippen LogP contribution in [0.25, 0.3) is 0 Å². The number of alkyl carbamates (subject to hydrolysis) is 1. The smallest absolute Gasteiger partial charge is 0.407 e. The summed E-state index contributed by atoms with van der Waals surface area (Å²) in [4.78, 5) is 34.2. The minimum Gasteiger partial charge on any atom is -0.481 e. The number of nitrogens with one attached hydrogen (secondary N) is 1. The number of ether oxygens (including phenoxy) is 2. The molecule has 0 saturated heterocycles. The van der Waals surface area contributed by atoms with Gasteiger partial charge in [-0.2, -0.15) is 0 Å². The normalized spacial score (nSPS) is 11.4. The zero-order chi connectivity index (χ0) is 17.8. The molecule has 0 aliphatic heterocycles. The van der Waals surface area contributed by atoms with Crippen LogP contribution in [0.1, 0.15) is 38.2 Å². The molecule has 0 fully saturated rings. The highest BCUT2D eigenvalue weighted by atomic mass is 16.6. The Morgan fingerprint density at radius 3 is 2.46 bits per heavy atom. The van der Waals surface area contributed by atoms with Gasteiger partial charge in [0, 0.05) is 6.42 Å². The number of esters is 1. The van der Waals surface area contributed by atoms with Crippen LogP contribution in [0.15, 0.2) is 30.3 Å². The highest BCUT2D eigenvalue weighted by Crippen LogP contribution is 2.08. The molecule has 2 N–H and O–H groups in total. The van der Waals surface area contributed by atoms with Gasteiger partial charge in [0.1, 0.15) is 12.6 Å². The molecule has 0 bridgehead atoms. The molecule has 132 valence electrons. The maximum absolute atomic E-state index is 12.2. The standard InChI is InChI=1S/C17H23NO6/c1-2-23-17(22)18-14(10-6-7-11-15(19)20)16(21)24-12-13-8-4-3-5-9-13/h3-5,8-9,14H,2,6-7,10-12H2,1H3,(H,18,22)(H,19,20). The van der Waals surface area contributed by atoms with Crippen LogP contribution in [-0.4, -0.2) is 35.8 Å². The summed E-state index contributed by atoms with van der Waals surface area (Å²) in [6.07, 6.45) is 0.509. The van der Waals surface area contributed by atoms with E-state index in [1.165, 1.54) is 0 Å². The summed E-state index contributed by atoms with van der Waals surface area (Å²) < 4.78 is 10.00. The first-order valence-corrected chi connectivity index (χ1v) is 7.88. The zero-order valence-corrected chi connectivity index (χ0v) is 13.7. The molecule has 0 spiro atoms. The third-order valence-corrected chi connectivity index (χ3v) is 3.21. The summed E-state index contributed by atoms with van der Waals surface area (Å²) in [7, 11) is 0. The molecule has 0 radical (unpaired) electrons. The van der Waals surface area contributed by atoms with Crippen LogP contribution in [0, 0.1) is 0 Å². The molecule has 1 rings (SSSR count). The van der Waals surface area contributed by atoms with Gasteiger partial charge >= 0.3 is 18.0 Å². The van der Waals surface area contributed by atoms with Gasteiger partial charge in [0.15, 0.2) is 0 Å². The van der Waals surface area contributed by atoms with Crippen molar-refractivity contribution in [1.29, 1.82) is 0 Å². The lowest BCUT2D eigenvalue weighted by molar-refractivity contribution is -0.147. The summed E-state index contributed by atoms with van der Waals surface area (Å²) in [5, 5.41) is 11.1. The van der Waals surface area contributed by atoms with Crippen LogP contribution >= 0.6 is 0 Å². The third-order valence-electron chi connectivity index (χ3n) is 3.21. The van der Waals surface area contributed by atoms with Crippen LogP contribution in [0.2, 0.25) is 0 Å². The number of aliphatic carboxylic acids is 1. The van der Waals surface area contributed by atoms with Crippen molar-refractivity contribution in [3.05, 3.63) is 35.9 Å². The van der Waals surface area contributed by atoms with Crippen LogP contribution in [0.5, 0.6) is 0 Å². The molecule has 1 amide bonds. The molecule has 1 unspecified atom stereocenters. The van der Waals surface area contributed by atoms with Crippen molar-refractivity contribution in [1.82, 2.24) is 5.32 Å². The molecule has 7 heteroatoms. The van der Waals surface area contributed by atoms with Gasteiger partial charge in [0.2, 0.25) is 0 Å². The Morgan fingerprint density at radius 1 is 1.12 bits per heavy atom. The Balaban J connectivity index is 2.52. The highest BCUT2D eigenvalue weighted by Gasteiger charge is 2.22. The quantitative estimate of drug-likeness (QED) is 0.502. The molecular weight excluding hydrogens is 314 g/mol. The highest BCUT2D eigenvalue weighted by molar-refractivity contribution is 5.81. The van der Waals surface area contributed by atoms with Crippen molar-refractivity contribution in [3.63, 3.8) is 0 Å². The molecule has 24 heavy (non-hydrogen) atoms. The largest absolute Gasteiger partial charge is 0.481 e. The fraction of sp³-hybridized carbons (Fsp3) is 0.471. The number of amides is 1. The number of carbonyl (C=O) groups is 3. The van der Waals surface area contributed by atoms with Gasteiger partial charge in [0.05, 0.1) is 6.61 Å². The van der Waals surface area contributed by atoms with Crippen molar-refractivity contribution in [3.8, 4) is 0 Å². The molecule has 1 atom stereocenters. The van der Waals surface area contributed by atoms with Crippen molar-refractivity contribution in [2.45, 2.75) is 45.3 Å². The van der Waals surface area contributed by atoms with Gasteiger partial charge in [0.25, 0.3) is 0 Å². The Kier molecular flexibility index (Phi) is 8.96. The van der Waals surface area contributed by atoms with Crippen molar-refractivity contribution >= 4 is 18.0 Å². The fourth-order valence-corrected chi connectivity index (χ4v) is 2.02. The molecule has 0 aromatic heterocycles. The lowest BCUT2D eigenvalue weighted by Gasteiger charge is -2.17. The van der Waals surface area contributed by atoms with Gasteiger partial charge in [-0.15, -0.1) is 0 Å².